The zero-order chi connectivity index (χ0) is 14.8. The third kappa shape index (κ3) is 3.31. The van der Waals surface area contributed by atoms with E-state index in [4.69, 9.17) is 38.2 Å². The zero-order valence-corrected chi connectivity index (χ0v) is 12.8. The molecule has 0 bridgehead atoms. The summed E-state index contributed by atoms with van der Waals surface area (Å²) in [7, 11) is 0. The Morgan fingerprint density at radius 3 is 2.71 bits per heavy atom. The molecule has 7 heteroatoms. The van der Waals surface area contributed by atoms with Crippen LogP contribution in [0.3, 0.4) is 0 Å². The average Bonchev–Trinajstić information content (AvgIpc) is 2.94. The van der Waals surface area contributed by atoms with Gasteiger partial charge in [0.15, 0.2) is 5.82 Å². The minimum absolute atomic E-state index is 0.193. The highest BCUT2D eigenvalue weighted by Crippen LogP contribution is 2.30. The molecule has 0 unspecified atom stereocenters. The van der Waals surface area contributed by atoms with Crippen LogP contribution in [-0.2, 0) is 11.2 Å². The van der Waals surface area contributed by atoms with E-state index >= 15 is 0 Å². The second kappa shape index (κ2) is 6.22. The van der Waals surface area contributed by atoms with Crippen LogP contribution in [0.25, 0.3) is 0 Å². The van der Waals surface area contributed by atoms with E-state index in [2.05, 4.69) is 10.1 Å². The number of hydrogen-bond donors (Lipinski definition) is 1. The highest BCUT2D eigenvalue weighted by Gasteiger charge is 2.22. The van der Waals surface area contributed by atoms with E-state index < -0.39 is 0 Å². The lowest BCUT2D eigenvalue weighted by Crippen LogP contribution is -2.15. The van der Waals surface area contributed by atoms with Gasteiger partial charge in [0.1, 0.15) is 0 Å². The molecule has 5 nitrogen and oxygen atoms in total. The molecule has 2 heterocycles. The van der Waals surface area contributed by atoms with Crippen LogP contribution in [0.2, 0.25) is 10.0 Å². The molecular formula is C14H15Cl2N3O2. The number of aromatic nitrogens is 2. The van der Waals surface area contributed by atoms with Crippen molar-refractivity contribution >= 4 is 28.9 Å². The normalized spacial score (nSPS) is 18.9. The van der Waals surface area contributed by atoms with Gasteiger partial charge in [-0.15, -0.1) is 0 Å². The lowest BCUT2D eigenvalue weighted by Gasteiger charge is -2.18. The standard InChI is InChI=1S/C14H15Cl2N3O2/c15-10-4-8(5-11(16)13(10)17)6-12-18-14(21-19-12)9-2-1-3-20-7-9/h4-5,9H,1-3,6-7,17H2/t9-/m0/s1. The van der Waals surface area contributed by atoms with Gasteiger partial charge in [0.2, 0.25) is 5.89 Å². The minimum Gasteiger partial charge on any atom is -0.396 e. The van der Waals surface area contributed by atoms with Crippen LogP contribution in [0.5, 0.6) is 0 Å². The number of anilines is 1. The summed E-state index contributed by atoms with van der Waals surface area (Å²) in [6, 6.07) is 3.53. The molecule has 0 aliphatic carbocycles. The summed E-state index contributed by atoms with van der Waals surface area (Å²) in [4.78, 5) is 4.44. The maximum absolute atomic E-state index is 6.02. The lowest BCUT2D eigenvalue weighted by atomic mass is 10.0. The molecule has 112 valence electrons. The smallest absolute Gasteiger partial charge is 0.232 e. The minimum atomic E-state index is 0.193. The summed E-state index contributed by atoms with van der Waals surface area (Å²) in [5.41, 5.74) is 7.00. The fourth-order valence-corrected chi connectivity index (χ4v) is 2.89. The van der Waals surface area contributed by atoms with E-state index in [1.165, 1.54) is 0 Å². The van der Waals surface area contributed by atoms with E-state index in [-0.39, 0.29) is 5.92 Å². The maximum atomic E-state index is 6.02. The molecular weight excluding hydrogens is 313 g/mol. The van der Waals surface area contributed by atoms with Gasteiger partial charge in [-0.25, -0.2) is 0 Å². The number of ether oxygens (including phenoxy) is 1. The Kier molecular flexibility index (Phi) is 4.33. The Labute approximate surface area is 132 Å². The van der Waals surface area contributed by atoms with Crippen LogP contribution < -0.4 is 5.73 Å². The van der Waals surface area contributed by atoms with Crippen LogP contribution in [-0.4, -0.2) is 23.4 Å². The molecule has 1 aliphatic heterocycles. The largest absolute Gasteiger partial charge is 0.396 e. The Balaban J connectivity index is 1.75. The SMILES string of the molecule is Nc1c(Cl)cc(Cc2noc([C@H]3CCCOC3)n2)cc1Cl. The summed E-state index contributed by atoms with van der Waals surface area (Å²) in [6.07, 6.45) is 2.53. The van der Waals surface area contributed by atoms with E-state index in [0.717, 1.165) is 25.0 Å². The van der Waals surface area contributed by atoms with Crippen molar-refractivity contribution < 1.29 is 9.26 Å². The van der Waals surface area contributed by atoms with Gasteiger partial charge in [-0.1, -0.05) is 28.4 Å². The molecule has 3 rings (SSSR count). The maximum Gasteiger partial charge on any atom is 0.232 e. The fraction of sp³-hybridized carbons (Fsp3) is 0.429. The second-order valence-electron chi connectivity index (χ2n) is 5.11. The lowest BCUT2D eigenvalue weighted by molar-refractivity contribution is 0.0705. The van der Waals surface area contributed by atoms with Crippen LogP contribution in [0.1, 0.15) is 36.0 Å². The molecule has 1 aromatic heterocycles. The Morgan fingerprint density at radius 1 is 1.29 bits per heavy atom. The highest BCUT2D eigenvalue weighted by atomic mass is 35.5. The van der Waals surface area contributed by atoms with Gasteiger partial charge < -0.3 is 15.0 Å². The van der Waals surface area contributed by atoms with Gasteiger partial charge in [0.25, 0.3) is 0 Å². The predicted molar refractivity (Wildman–Crippen MR) is 80.8 cm³/mol. The van der Waals surface area contributed by atoms with Crippen molar-refractivity contribution in [1.82, 2.24) is 10.1 Å². The molecule has 1 saturated heterocycles. The van der Waals surface area contributed by atoms with Crippen molar-refractivity contribution in [2.45, 2.75) is 25.2 Å². The quantitative estimate of drug-likeness (QED) is 0.874. The van der Waals surface area contributed by atoms with Gasteiger partial charge in [-0.2, -0.15) is 4.98 Å². The molecule has 0 spiro atoms. The highest BCUT2D eigenvalue weighted by molar-refractivity contribution is 6.38. The van der Waals surface area contributed by atoms with E-state index in [1.54, 1.807) is 12.1 Å². The molecule has 21 heavy (non-hydrogen) atoms. The van der Waals surface area contributed by atoms with Crippen LogP contribution in [0.15, 0.2) is 16.7 Å². The summed E-state index contributed by atoms with van der Waals surface area (Å²) in [5, 5.41) is 4.87. The number of rotatable bonds is 3. The zero-order valence-electron chi connectivity index (χ0n) is 11.3. The van der Waals surface area contributed by atoms with Gasteiger partial charge in [-0.3, -0.25) is 0 Å². The molecule has 0 amide bonds. The van der Waals surface area contributed by atoms with Crippen molar-refractivity contribution in [3.63, 3.8) is 0 Å². The fourth-order valence-electron chi connectivity index (χ4n) is 2.36. The summed E-state index contributed by atoms with van der Waals surface area (Å²) in [6.45, 7) is 1.45. The molecule has 0 radical (unpaired) electrons. The van der Waals surface area contributed by atoms with E-state index in [0.29, 0.717) is 40.5 Å². The Bertz CT molecular complexity index is 616. The number of nitrogens with two attached hydrogens (primary N) is 1. The Morgan fingerprint density at radius 2 is 2.05 bits per heavy atom. The van der Waals surface area contributed by atoms with Crippen molar-refractivity contribution in [3.05, 3.63) is 39.5 Å². The summed E-state index contributed by atoms with van der Waals surface area (Å²) in [5.74, 6) is 1.43. The van der Waals surface area contributed by atoms with Gasteiger partial charge in [0.05, 0.1) is 28.3 Å². The first-order chi connectivity index (χ1) is 10.1. The Hall–Kier alpha value is -1.30. The van der Waals surface area contributed by atoms with Gasteiger partial charge >= 0.3 is 0 Å². The number of hydrogen-bond acceptors (Lipinski definition) is 5. The third-order valence-electron chi connectivity index (χ3n) is 3.49. The second-order valence-corrected chi connectivity index (χ2v) is 5.93. The molecule has 1 fully saturated rings. The predicted octanol–water partition coefficient (Wildman–Crippen LogP) is 3.44. The number of nitrogen functional groups attached to an aromatic ring is 1. The number of nitrogens with zero attached hydrogens (tertiary/aromatic N) is 2. The third-order valence-corrected chi connectivity index (χ3v) is 4.12. The molecule has 1 aromatic carbocycles. The number of halogens is 2. The molecule has 1 atom stereocenters. The van der Waals surface area contributed by atoms with Crippen molar-refractivity contribution in [3.8, 4) is 0 Å². The van der Waals surface area contributed by atoms with Gasteiger partial charge in [-0.05, 0) is 30.5 Å². The van der Waals surface area contributed by atoms with Crippen LogP contribution in [0, 0.1) is 0 Å². The van der Waals surface area contributed by atoms with Crippen LogP contribution >= 0.6 is 23.2 Å². The molecule has 2 aromatic rings. The van der Waals surface area contributed by atoms with Crippen molar-refractivity contribution in [1.29, 1.82) is 0 Å². The van der Waals surface area contributed by atoms with Crippen molar-refractivity contribution in [2.24, 2.45) is 0 Å². The van der Waals surface area contributed by atoms with Crippen LogP contribution in [0.4, 0.5) is 5.69 Å². The first kappa shape index (κ1) is 14.6. The summed E-state index contributed by atoms with van der Waals surface area (Å²) >= 11 is 12.0. The van der Waals surface area contributed by atoms with E-state index in [1.807, 2.05) is 0 Å². The first-order valence-corrected chi connectivity index (χ1v) is 7.52. The molecule has 2 N–H and O–H groups in total. The monoisotopic (exact) mass is 327 g/mol. The summed E-state index contributed by atoms with van der Waals surface area (Å²) < 4.78 is 10.8. The average molecular weight is 328 g/mol. The van der Waals surface area contributed by atoms with Crippen molar-refractivity contribution in [2.75, 3.05) is 18.9 Å². The number of benzene rings is 1. The molecule has 0 saturated carbocycles. The van der Waals surface area contributed by atoms with Gasteiger partial charge in [0, 0.05) is 13.0 Å². The first-order valence-electron chi connectivity index (χ1n) is 6.77. The van der Waals surface area contributed by atoms with E-state index in [9.17, 15) is 0 Å². The molecule has 1 aliphatic rings. The topological polar surface area (TPSA) is 74.2 Å².